The van der Waals surface area contributed by atoms with E-state index in [0.29, 0.717) is 23.0 Å². The molecule has 0 saturated heterocycles. The Labute approximate surface area is 182 Å². The first kappa shape index (κ1) is 19.5. The molecule has 11 nitrogen and oxygen atoms in total. The number of hydrogen-bond donors (Lipinski definition) is 2. The number of nitrogens with zero attached hydrogens (tertiary/aromatic N) is 7. The zero-order chi connectivity index (χ0) is 22.1. The van der Waals surface area contributed by atoms with Gasteiger partial charge in [0.2, 0.25) is 5.95 Å². The molecular formula is C21H19N9O2. The van der Waals surface area contributed by atoms with Crippen LogP contribution in [-0.2, 0) is 9.53 Å². The Balaban J connectivity index is 1.63. The van der Waals surface area contributed by atoms with Crippen molar-refractivity contribution in [3.05, 3.63) is 65.4 Å². The fourth-order valence-corrected chi connectivity index (χ4v) is 3.86. The van der Waals surface area contributed by atoms with E-state index >= 15 is 0 Å². The van der Waals surface area contributed by atoms with Crippen molar-refractivity contribution in [2.45, 2.75) is 19.9 Å². The fraction of sp³-hybridized carbons (Fsp3) is 0.190. The van der Waals surface area contributed by atoms with Crippen LogP contribution in [0.25, 0.3) is 22.5 Å². The molecule has 0 aliphatic carbocycles. The van der Waals surface area contributed by atoms with Crippen LogP contribution >= 0.6 is 0 Å². The SMILES string of the molecule is CCOC(=O)C1=C(C)Nc2nnnn2C1c1ccccc1-c1ccc(-c2nnn[nH]2)cc1. The molecule has 0 saturated carbocycles. The van der Waals surface area contributed by atoms with Crippen LogP contribution in [0, 0.1) is 0 Å². The smallest absolute Gasteiger partial charge is 0.338 e. The van der Waals surface area contributed by atoms with Gasteiger partial charge < -0.3 is 10.1 Å². The lowest BCUT2D eigenvalue weighted by Crippen LogP contribution is -2.30. The molecule has 4 aromatic rings. The van der Waals surface area contributed by atoms with Gasteiger partial charge in [0.05, 0.1) is 12.2 Å². The fourth-order valence-electron chi connectivity index (χ4n) is 3.86. The number of aromatic amines is 1. The minimum atomic E-state index is -0.547. The molecule has 11 heteroatoms. The molecule has 1 atom stereocenters. The van der Waals surface area contributed by atoms with Gasteiger partial charge >= 0.3 is 5.97 Å². The number of rotatable bonds is 5. The molecule has 0 amide bonds. The van der Waals surface area contributed by atoms with Crippen molar-refractivity contribution in [2.75, 3.05) is 11.9 Å². The number of ether oxygens (including phenoxy) is 1. The summed E-state index contributed by atoms with van der Waals surface area (Å²) in [6.45, 7) is 3.87. The van der Waals surface area contributed by atoms with Gasteiger partial charge in [0, 0.05) is 11.3 Å². The lowest BCUT2D eigenvalue weighted by Gasteiger charge is -2.28. The van der Waals surface area contributed by atoms with E-state index in [1.807, 2.05) is 55.5 Å². The topological polar surface area (TPSA) is 136 Å². The van der Waals surface area contributed by atoms with Gasteiger partial charge in [-0.25, -0.2) is 9.89 Å². The quantitative estimate of drug-likeness (QED) is 0.458. The zero-order valence-electron chi connectivity index (χ0n) is 17.4. The van der Waals surface area contributed by atoms with Crippen molar-refractivity contribution >= 4 is 11.9 Å². The third kappa shape index (κ3) is 3.29. The third-order valence-corrected chi connectivity index (χ3v) is 5.28. The predicted molar refractivity (Wildman–Crippen MR) is 114 cm³/mol. The number of carbonyl (C=O) groups excluding carboxylic acids is 1. The normalized spacial score (nSPS) is 15.2. The van der Waals surface area contributed by atoms with Crippen molar-refractivity contribution in [3.63, 3.8) is 0 Å². The first-order valence-corrected chi connectivity index (χ1v) is 10.0. The van der Waals surface area contributed by atoms with Crippen molar-refractivity contribution in [1.82, 2.24) is 40.8 Å². The first-order valence-electron chi connectivity index (χ1n) is 10.0. The molecule has 0 fully saturated rings. The van der Waals surface area contributed by atoms with E-state index in [4.69, 9.17) is 4.74 Å². The highest BCUT2D eigenvalue weighted by atomic mass is 16.5. The molecule has 0 bridgehead atoms. The van der Waals surface area contributed by atoms with Crippen molar-refractivity contribution in [2.24, 2.45) is 0 Å². The highest BCUT2D eigenvalue weighted by Gasteiger charge is 2.36. The molecule has 2 N–H and O–H groups in total. The molecule has 0 spiro atoms. The molecule has 2 aromatic carbocycles. The van der Waals surface area contributed by atoms with Gasteiger partial charge in [-0.15, -0.1) is 5.10 Å². The van der Waals surface area contributed by atoms with Crippen molar-refractivity contribution in [3.8, 4) is 22.5 Å². The molecule has 1 unspecified atom stereocenters. The largest absolute Gasteiger partial charge is 0.463 e. The Kier molecular flexibility index (Phi) is 4.90. The van der Waals surface area contributed by atoms with Crippen LogP contribution in [-0.4, -0.2) is 53.4 Å². The Bertz CT molecular complexity index is 1290. The van der Waals surface area contributed by atoms with Gasteiger partial charge in [-0.1, -0.05) is 53.6 Å². The van der Waals surface area contributed by atoms with Crippen LogP contribution in [0.15, 0.2) is 59.8 Å². The molecule has 3 heterocycles. The summed E-state index contributed by atoms with van der Waals surface area (Å²) in [5.74, 6) is 0.639. The standard InChI is InChI=1S/C21H19N9O2/c1-3-32-20(31)17-12(2)22-21-25-28-29-30(21)18(17)16-7-5-4-6-15(16)13-8-10-14(11-9-13)19-23-26-27-24-19/h4-11,18H,3H2,1-2H3,(H,22,25,29)(H,23,24,26,27). The molecule has 160 valence electrons. The van der Waals surface area contributed by atoms with Crippen LogP contribution in [0.2, 0.25) is 0 Å². The first-order chi connectivity index (χ1) is 15.7. The van der Waals surface area contributed by atoms with E-state index < -0.39 is 12.0 Å². The summed E-state index contributed by atoms with van der Waals surface area (Å²) in [7, 11) is 0. The Hall–Kier alpha value is -4.41. The molecule has 0 radical (unpaired) electrons. The van der Waals surface area contributed by atoms with Gasteiger partial charge in [-0.2, -0.15) is 4.68 Å². The van der Waals surface area contributed by atoms with E-state index in [2.05, 4.69) is 41.5 Å². The number of nitrogens with one attached hydrogen (secondary N) is 2. The predicted octanol–water partition coefficient (Wildman–Crippen LogP) is 2.37. The number of fused-ring (bicyclic) bond motifs is 1. The lowest BCUT2D eigenvalue weighted by atomic mass is 9.89. The maximum Gasteiger partial charge on any atom is 0.338 e. The molecule has 32 heavy (non-hydrogen) atoms. The molecule has 1 aliphatic rings. The number of aromatic nitrogens is 8. The summed E-state index contributed by atoms with van der Waals surface area (Å²) >= 11 is 0. The average molecular weight is 429 g/mol. The van der Waals surface area contributed by atoms with Gasteiger partial charge in [-0.3, -0.25) is 0 Å². The zero-order valence-corrected chi connectivity index (χ0v) is 17.4. The Morgan fingerprint density at radius 3 is 2.59 bits per heavy atom. The van der Waals surface area contributed by atoms with Crippen LogP contribution in [0.4, 0.5) is 5.95 Å². The highest BCUT2D eigenvalue weighted by molar-refractivity contribution is 5.93. The van der Waals surface area contributed by atoms with E-state index in [9.17, 15) is 4.79 Å². The highest BCUT2D eigenvalue weighted by Crippen LogP contribution is 2.39. The number of tetrazole rings is 2. The minimum Gasteiger partial charge on any atom is -0.463 e. The summed E-state index contributed by atoms with van der Waals surface area (Å²) in [4.78, 5) is 12.9. The number of benzene rings is 2. The van der Waals surface area contributed by atoms with Crippen LogP contribution in [0.1, 0.15) is 25.5 Å². The Morgan fingerprint density at radius 1 is 1.06 bits per heavy atom. The molecular weight excluding hydrogens is 410 g/mol. The average Bonchev–Trinajstić information content (AvgIpc) is 3.51. The number of anilines is 1. The summed E-state index contributed by atoms with van der Waals surface area (Å²) in [5, 5.41) is 29.0. The minimum absolute atomic E-state index is 0.268. The second-order valence-corrected chi connectivity index (χ2v) is 7.15. The summed E-state index contributed by atoms with van der Waals surface area (Å²) < 4.78 is 6.96. The summed E-state index contributed by atoms with van der Waals surface area (Å²) in [6.07, 6.45) is 0. The van der Waals surface area contributed by atoms with Gasteiger partial charge in [0.1, 0.15) is 6.04 Å². The van der Waals surface area contributed by atoms with Crippen LogP contribution in [0.5, 0.6) is 0 Å². The molecule has 1 aliphatic heterocycles. The van der Waals surface area contributed by atoms with E-state index in [0.717, 1.165) is 22.3 Å². The molecule has 2 aromatic heterocycles. The van der Waals surface area contributed by atoms with Gasteiger partial charge in [-0.05, 0) is 51.4 Å². The number of esters is 1. The van der Waals surface area contributed by atoms with E-state index in [1.165, 1.54) is 0 Å². The summed E-state index contributed by atoms with van der Waals surface area (Å²) in [6, 6.07) is 15.2. The van der Waals surface area contributed by atoms with Crippen LogP contribution < -0.4 is 5.32 Å². The van der Waals surface area contributed by atoms with E-state index in [1.54, 1.807) is 11.6 Å². The van der Waals surface area contributed by atoms with Crippen molar-refractivity contribution in [1.29, 1.82) is 0 Å². The van der Waals surface area contributed by atoms with Crippen molar-refractivity contribution < 1.29 is 9.53 Å². The number of allylic oxidation sites excluding steroid dienone is 1. The summed E-state index contributed by atoms with van der Waals surface area (Å²) in [5.41, 5.74) is 4.76. The number of carbonyl (C=O) groups is 1. The number of H-pyrrole nitrogens is 1. The van der Waals surface area contributed by atoms with Crippen LogP contribution in [0.3, 0.4) is 0 Å². The lowest BCUT2D eigenvalue weighted by molar-refractivity contribution is -0.139. The second-order valence-electron chi connectivity index (χ2n) is 7.15. The Morgan fingerprint density at radius 2 is 1.84 bits per heavy atom. The monoisotopic (exact) mass is 429 g/mol. The maximum atomic E-state index is 12.9. The molecule has 5 rings (SSSR count). The number of hydrogen-bond acceptors (Lipinski definition) is 9. The third-order valence-electron chi connectivity index (χ3n) is 5.28. The van der Waals surface area contributed by atoms with Gasteiger partial charge in [0.25, 0.3) is 0 Å². The second kappa shape index (κ2) is 8.02. The van der Waals surface area contributed by atoms with Gasteiger partial charge in [0.15, 0.2) is 5.82 Å². The maximum absolute atomic E-state index is 12.9. The van der Waals surface area contributed by atoms with E-state index in [-0.39, 0.29) is 6.61 Å².